The highest BCUT2D eigenvalue weighted by Gasteiger charge is 2.54. The average molecular weight is 931 g/mol. The number of para-hydroxylation sites is 6. The number of hydrogen-bond donors (Lipinski definition) is 0. The highest BCUT2D eigenvalue weighted by Crippen LogP contribution is 2.68. The van der Waals surface area contributed by atoms with E-state index in [0.29, 0.717) is 0 Å². The summed E-state index contributed by atoms with van der Waals surface area (Å²) in [5, 5.41) is 8.69. The van der Waals surface area contributed by atoms with Gasteiger partial charge < -0.3 is 18.6 Å². The predicted octanol–water partition coefficient (Wildman–Crippen LogP) is 19.1. The molecule has 0 bridgehead atoms. The first kappa shape index (κ1) is 40.1. The van der Waals surface area contributed by atoms with E-state index in [1.807, 2.05) is 0 Å². The van der Waals surface area contributed by atoms with Crippen LogP contribution in [0.3, 0.4) is 0 Å². The molecule has 0 fully saturated rings. The molecule has 73 heavy (non-hydrogen) atoms. The summed E-state index contributed by atoms with van der Waals surface area (Å²) in [5.41, 5.74) is 18.8. The van der Waals surface area contributed by atoms with E-state index in [1.54, 1.807) is 0 Å². The Morgan fingerprint density at radius 1 is 0.274 bits per heavy atom. The highest BCUT2D eigenvalue weighted by atomic mass is 16.3. The second-order valence-electron chi connectivity index (χ2n) is 19.4. The van der Waals surface area contributed by atoms with Crippen LogP contribution in [0.4, 0.5) is 34.1 Å². The van der Waals surface area contributed by atoms with Gasteiger partial charge in [0, 0.05) is 60.5 Å². The zero-order valence-electron chi connectivity index (χ0n) is 39.5. The molecule has 1 spiro atoms. The lowest BCUT2D eigenvalue weighted by molar-refractivity contribution is 0.672. The monoisotopic (exact) mass is 930 g/mol. The lowest BCUT2D eigenvalue weighted by Gasteiger charge is -2.34. The van der Waals surface area contributed by atoms with Gasteiger partial charge in [0.2, 0.25) is 0 Å². The summed E-state index contributed by atoms with van der Waals surface area (Å²) in [4.78, 5) is 4.88. The molecule has 0 amide bonds. The van der Waals surface area contributed by atoms with Crippen LogP contribution in [-0.4, -0.2) is 0 Å². The van der Waals surface area contributed by atoms with Crippen LogP contribution in [0.2, 0.25) is 0 Å². The van der Waals surface area contributed by atoms with E-state index in [4.69, 9.17) is 8.83 Å². The minimum Gasteiger partial charge on any atom is -0.455 e. The van der Waals surface area contributed by atoms with E-state index in [9.17, 15) is 0 Å². The molecular weight excluding hydrogens is 889 g/mol. The third-order valence-corrected chi connectivity index (χ3v) is 15.8. The molecule has 0 saturated heterocycles. The molecule has 0 aliphatic heterocycles. The Labute approximate surface area is 420 Å². The first-order valence-corrected chi connectivity index (χ1v) is 25.1. The van der Waals surface area contributed by atoms with Crippen molar-refractivity contribution in [1.82, 2.24) is 0 Å². The maximum absolute atomic E-state index is 7.30. The molecule has 4 heteroatoms. The lowest BCUT2D eigenvalue weighted by Crippen LogP contribution is -2.26. The van der Waals surface area contributed by atoms with Crippen molar-refractivity contribution in [2.24, 2.45) is 0 Å². The number of hydrogen-bond acceptors (Lipinski definition) is 4. The van der Waals surface area contributed by atoms with Crippen molar-refractivity contribution in [1.29, 1.82) is 0 Å². The second kappa shape index (κ2) is 15.2. The zero-order chi connectivity index (χ0) is 47.8. The van der Waals surface area contributed by atoms with Gasteiger partial charge in [-0.2, -0.15) is 0 Å². The zero-order valence-corrected chi connectivity index (χ0v) is 39.5. The van der Waals surface area contributed by atoms with Gasteiger partial charge in [0.05, 0.1) is 16.8 Å². The summed E-state index contributed by atoms with van der Waals surface area (Å²) in [6.45, 7) is 0. The molecule has 12 aromatic carbocycles. The van der Waals surface area contributed by atoms with Gasteiger partial charge in [0.25, 0.3) is 0 Å². The van der Waals surface area contributed by atoms with Crippen LogP contribution in [0.1, 0.15) is 22.3 Å². The van der Waals surface area contributed by atoms with Crippen molar-refractivity contribution < 1.29 is 8.83 Å². The summed E-state index contributed by atoms with van der Waals surface area (Å²) >= 11 is 0. The molecule has 16 rings (SSSR count). The third-order valence-electron chi connectivity index (χ3n) is 15.8. The van der Waals surface area contributed by atoms with Crippen molar-refractivity contribution in [3.63, 3.8) is 0 Å². The smallest absolute Gasteiger partial charge is 0.145 e. The van der Waals surface area contributed by atoms with E-state index in [2.05, 4.69) is 265 Å². The molecule has 0 radical (unpaired) electrons. The number of fused-ring (bicyclic) bond motifs is 22. The minimum absolute atomic E-state index is 0.779. The van der Waals surface area contributed by atoms with Gasteiger partial charge in [-0.05, 0) is 135 Å². The molecule has 4 nitrogen and oxygen atoms in total. The van der Waals surface area contributed by atoms with Gasteiger partial charge in [-0.3, -0.25) is 0 Å². The minimum atomic E-state index is -0.779. The first-order valence-electron chi connectivity index (χ1n) is 25.1. The predicted molar refractivity (Wildman–Crippen MR) is 302 cm³/mol. The fraction of sp³-hybridized carbons (Fsp3) is 0.0145. The van der Waals surface area contributed by atoms with Crippen LogP contribution >= 0.6 is 0 Å². The van der Waals surface area contributed by atoms with E-state index in [0.717, 1.165) is 99.5 Å². The average Bonchev–Trinajstić information content (AvgIpc) is 4.20. The van der Waals surface area contributed by atoms with E-state index in [-0.39, 0.29) is 0 Å². The van der Waals surface area contributed by atoms with Gasteiger partial charge in [0.1, 0.15) is 22.3 Å². The largest absolute Gasteiger partial charge is 0.455 e. The molecule has 340 valence electrons. The van der Waals surface area contributed by atoms with E-state index < -0.39 is 5.41 Å². The molecule has 2 aliphatic rings. The molecule has 2 aromatic heterocycles. The Morgan fingerprint density at radius 3 is 1.18 bits per heavy atom. The highest BCUT2D eigenvalue weighted by molar-refractivity contribution is 6.29. The van der Waals surface area contributed by atoms with E-state index in [1.165, 1.54) is 44.5 Å². The maximum Gasteiger partial charge on any atom is 0.145 e. The second-order valence-corrected chi connectivity index (χ2v) is 19.4. The van der Waals surface area contributed by atoms with Crippen LogP contribution in [0.25, 0.3) is 87.7 Å². The Kier molecular flexibility index (Phi) is 8.35. The summed E-state index contributed by atoms with van der Waals surface area (Å²) in [7, 11) is 0. The molecule has 2 aliphatic carbocycles. The normalized spacial score (nSPS) is 13.0. The van der Waals surface area contributed by atoms with Crippen LogP contribution < -0.4 is 9.80 Å². The Balaban J connectivity index is 1.17. The molecule has 0 unspecified atom stereocenters. The van der Waals surface area contributed by atoms with Crippen LogP contribution in [0, 0.1) is 0 Å². The molecular formula is C69H42N2O2. The lowest BCUT2D eigenvalue weighted by atomic mass is 9.70. The van der Waals surface area contributed by atoms with Gasteiger partial charge in [0.15, 0.2) is 0 Å². The van der Waals surface area contributed by atoms with Crippen LogP contribution in [0.15, 0.2) is 264 Å². The quantitative estimate of drug-likeness (QED) is 0.166. The standard InChI is InChI=1S/C69H42N2O2/c1-5-21-43(22-6-1)70(44-23-7-2-8-24-44)59-41-58-66(65-53(59)39-37-52-50-32-16-20-36-62(50)73-68(52)65)63-54-40-38-51-49-31-15-19-35-61(49)72-67(51)64(54)60(71(45-25-9-3-10-26-45)46-27-11-4-12-28-46)42-57(63)69(58)55-33-17-13-29-47(55)48-30-14-18-34-56(48)69/h1-42H. The van der Waals surface area contributed by atoms with Gasteiger partial charge >= 0.3 is 0 Å². The van der Waals surface area contributed by atoms with Crippen LogP contribution in [-0.2, 0) is 5.41 Å². The number of anilines is 6. The Morgan fingerprint density at radius 2 is 0.658 bits per heavy atom. The Hall–Kier alpha value is -9.64. The molecule has 0 N–H and O–H groups in total. The molecule has 0 atom stereocenters. The fourth-order valence-electron chi connectivity index (χ4n) is 13.0. The maximum atomic E-state index is 7.30. The van der Waals surface area contributed by atoms with Gasteiger partial charge in [-0.1, -0.05) is 170 Å². The molecule has 0 saturated carbocycles. The fourth-order valence-corrected chi connectivity index (χ4v) is 13.0. The van der Waals surface area contributed by atoms with Gasteiger partial charge in [-0.15, -0.1) is 0 Å². The summed E-state index contributed by atoms with van der Waals surface area (Å²) < 4.78 is 14.5. The number of furan rings is 2. The van der Waals surface area contributed by atoms with Crippen molar-refractivity contribution >= 4 is 99.5 Å². The Bertz CT molecular complexity index is 4430. The van der Waals surface area contributed by atoms with E-state index >= 15 is 0 Å². The first-order chi connectivity index (χ1) is 36.3. The summed E-state index contributed by atoms with van der Waals surface area (Å²) in [6, 6.07) is 92.7. The number of nitrogens with zero attached hydrogens (tertiary/aromatic N) is 2. The van der Waals surface area contributed by atoms with Crippen molar-refractivity contribution in [3.8, 4) is 22.3 Å². The SMILES string of the molecule is c1ccc(N(c2ccccc2)c2cc3c(c4c2ccc2c5ccccc5oc24)-c2c(cc(N(c4ccccc4)c4ccccc4)c4c2ccc2c5ccccc5oc24)C32c3ccccc3-c3ccccc32)cc1. The van der Waals surface area contributed by atoms with Crippen molar-refractivity contribution in [2.45, 2.75) is 5.41 Å². The molecule has 2 heterocycles. The van der Waals surface area contributed by atoms with Crippen molar-refractivity contribution in [2.75, 3.05) is 9.80 Å². The molecule has 14 aromatic rings. The topological polar surface area (TPSA) is 32.8 Å². The van der Waals surface area contributed by atoms with Crippen molar-refractivity contribution in [3.05, 3.63) is 277 Å². The number of rotatable bonds is 6. The van der Waals surface area contributed by atoms with Crippen LogP contribution in [0.5, 0.6) is 0 Å². The number of benzene rings is 12. The summed E-state index contributed by atoms with van der Waals surface area (Å²) in [5.74, 6) is 0. The van der Waals surface area contributed by atoms with Gasteiger partial charge in [-0.25, -0.2) is 0 Å². The third kappa shape index (κ3) is 5.44. The summed E-state index contributed by atoms with van der Waals surface area (Å²) in [6.07, 6.45) is 0.